The number of aromatic nitrogens is 1. The number of piperidine rings is 1. The van der Waals surface area contributed by atoms with E-state index >= 15 is 0 Å². The molecule has 2 heterocycles. The van der Waals surface area contributed by atoms with Gasteiger partial charge in [0.15, 0.2) is 11.6 Å². The first-order valence-electron chi connectivity index (χ1n) is 8.15. The number of halogens is 2. The fourth-order valence-corrected chi connectivity index (χ4v) is 3.42. The van der Waals surface area contributed by atoms with Gasteiger partial charge in [0, 0.05) is 24.5 Å². The van der Waals surface area contributed by atoms with Crippen molar-refractivity contribution in [3.8, 4) is 0 Å². The monoisotopic (exact) mass is 344 g/mol. The van der Waals surface area contributed by atoms with Crippen LogP contribution in [-0.4, -0.2) is 23.2 Å². The smallest absolute Gasteiger partial charge is 0.228 e. The van der Waals surface area contributed by atoms with E-state index in [0.717, 1.165) is 24.1 Å². The van der Waals surface area contributed by atoms with Crippen LogP contribution in [0.2, 0.25) is 0 Å². The zero-order chi connectivity index (χ0) is 18.0. The maximum atomic E-state index is 13.7. The normalized spacial score (nSPS) is 20.6. The van der Waals surface area contributed by atoms with Gasteiger partial charge in [-0.2, -0.15) is 0 Å². The van der Waals surface area contributed by atoms with Gasteiger partial charge in [0.25, 0.3) is 0 Å². The number of benzene rings is 1. The van der Waals surface area contributed by atoms with Gasteiger partial charge in [0.1, 0.15) is 12.1 Å². The van der Waals surface area contributed by atoms with Crippen molar-refractivity contribution < 1.29 is 18.4 Å². The van der Waals surface area contributed by atoms with Gasteiger partial charge in [0.2, 0.25) is 5.91 Å². The van der Waals surface area contributed by atoms with Crippen molar-refractivity contribution in [2.24, 2.45) is 0 Å². The lowest BCUT2D eigenvalue weighted by Crippen LogP contribution is -2.48. The van der Waals surface area contributed by atoms with Crippen molar-refractivity contribution in [1.82, 2.24) is 4.98 Å². The Kier molecular flexibility index (Phi) is 4.88. The Labute approximate surface area is 144 Å². The van der Waals surface area contributed by atoms with Gasteiger partial charge < -0.3 is 4.79 Å². The minimum absolute atomic E-state index is 0.102. The van der Waals surface area contributed by atoms with Gasteiger partial charge >= 0.3 is 0 Å². The molecule has 1 saturated heterocycles. The molecule has 1 amide bonds. The summed E-state index contributed by atoms with van der Waals surface area (Å²) in [7, 11) is 0. The summed E-state index contributed by atoms with van der Waals surface area (Å²) in [6.07, 6.45) is 1.59. The van der Waals surface area contributed by atoms with Crippen molar-refractivity contribution in [1.29, 1.82) is 0 Å². The highest BCUT2D eigenvalue weighted by molar-refractivity contribution is 5.94. The third-order valence-electron chi connectivity index (χ3n) is 4.56. The summed E-state index contributed by atoms with van der Waals surface area (Å²) in [5.74, 6) is -1.76. The molecule has 2 aromatic rings. The third kappa shape index (κ3) is 3.43. The Bertz CT molecular complexity index is 810. The molecule has 0 bridgehead atoms. The Morgan fingerprint density at radius 1 is 1.24 bits per heavy atom. The van der Waals surface area contributed by atoms with E-state index in [-0.39, 0.29) is 24.7 Å². The summed E-state index contributed by atoms with van der Waals surface area (Å²) in [4.78, 5) is 29.7. The number of aryl methyl sites for hydroxylation is 1. The van der Waals surface area contributed by atoms with Gasteiger partial charge in [0.05, 0.1) is 6.04 Å². The van der Waals surface area contributed by atoms with Crippen molar-refractivity contribution in [2.45, 2.75) is 38.1 Å². The lowest BCUT2D eigenvalue weighted by atomic mass is 9.81. The molecule has 0 aliphatic carbocycles. The van der Waals surface area contributed by atoms with Gasteiger partial charge in [-0.25, -0.2) is 13.8 Å². The molecular weight excluding hydrogens is 326 g/mol. The number of rotatable bonds is 4. The van der Waals surface area contributed by atoms with Crippen LogP contribution in [0.3, 0.4) is 0 Å². The highest BCUT2D eigenvalue weighted by atomic mass is 19.2. The molecule has 4 nitrogen and oxygen atoms in total. The summed E-state index contributed by atoms with van der Waals surface area (Å²) in [5, 5.41) is 0. The summed E-state index contributed by atoms with van der Waals surface area (Å²) in [5.41, 5.74) is 1.33. The first-order chi connectivity index (χ1) is 12.0. The zero-order valence-corrected chi connectivity index (χ0v) is 13.8. The number of carbonyl (C=O) groups excluding carboxylic acids is 2. The molecule has 3 rings (SSSR count). The SMILES string of the molecule is Cc1cccc(N2C(=O)CCC(c3ccc(F)c(F)c3)C2CC=O)n1. The number of aldehydes is 1. The van der Waals surface area contributed by atoms with E-state index in [9.17, 15) is 18.4 Å². The maximum absolute atomic E-state index is 13.7. The zero-order valence-electron chi connectivity index (χ0n) is 13.8. The largest absolute Gasteiger partial charge is 0.303 e. The summed E-state index contributed by atoms with van der Waals surface area (Å²) in [6, 6.07) is 8.60. The second kappa shape index (κ2) is 7.09. The summed E-state index contributed by atoms with van der Waals surface area (Å²) >= 11 is 0. The lowest BCUT2D eigenvalue weighted by molar-refractivity contribution is -0.120. The van der Waals surface area contributed by atoms with E-state index in [4.69, 9.17) is 0 Å². The van der Waals surface area contributed by atoms with E-state index in [1.54, 1.807) is 12.1 Å². The molecule has 1 aromatic carbocycles. The van der Waals surface area contributed by atoms with Crippen LogP contribution >= 0.6 is 0 Å². The fourth-order valence-electron chi connectivity index (χ4n) is 3.42. The van der Waals surface area contributed by atoms with Crippen LogP contribution in [-0.2, 0) is 9.59 Å². The van der Waals surface area contributed by atoms with E-state index in [1.165, 1.54) is 11.0 Å². The first-order valence-corrected chi connectivity index (χ1v) is 8.15. The molecular formula is C19H18F2N2O2. The Morgan fingerprint density at radius 3 is 2.72 bits per heavy atom. The number of hydrogen-bond donors (Lipinski definition) is 0. The molecule has 25 heavy (non-hydrogen) atoms. The van der Waals surface area contributed by atoms with Crippen LogP contribution in [0, 0.1) is 18.6 Å². The second-order valence-corrected chi connectivity index (χ2v) is 6.19. The molecule has 0 N–H and O–H groups in total. The van der Waals surface area contributed by atoms with Gasteiger partial charge in [-0.15, -0.1) is 0 Å². The van der Waals surface area contributed by atoms with Crippen LogP contribution in [0.4, 0.5) is 14.6 Å². The van der Waals surface area contributed by atoms with E-state index in [1.807, 2.05) is 13.0 Å². The second-order valence-electron chi connectivity index (χ2n) is 6.19. The van der Waals surface area contributed by atoms with Crippen molar-refractivity contribution in [3.05, 3.63) is 59.3 Å². The highest BCUT2D eigenvalue weighted by Gasteiger charge is 2.38. The fraction of sp³-hybridized carbons (Fsp3) is 0.316. The summed E-state index contributed by atoms with van der Waals surface area (Å²) < 4.78 is 26.9. The van der Waals surface area contributed by atoms with E-state index in [0.29, 0.717) is 17.8 Å². The summed E-state index contributed by atoms with van der Waals surface area (Å²) in [6.45, 7) is 1.82. The van der Waals surface area contributed by atoms with Crippen LogP contribution in [0.15, 0.2) is 36.4 Å². The van der Waals surface area contributed by atoms with Crippen molar-refractivity contribution >= 4 is 18.0 Å². The highest BCUT2D eigenvalue weighted by Crippen LogP contribution is 2.37. The van der Waals surface area contributed by atoms with E-state index < -0.39 is 17.7 Å². The molecule has 2 unspecified atom stereocenters. The number of pyridine rings is 1. The van der Waals surface area contributed by atoms with Gasteiger partial charge in [-0.05, 0) is 43.2 Å². The Morgan fingerprint density at radius 2 is 2.04 bits per heavy atom. The Balaban J connectivity index is 2.03. The van der Waals surface area contributed by atoms with E-state index in [2.05, 4.69) is 4.98 Å². The van der Waals surface area contributed by atoms with Gasteiger partial charge in [-0.3, -0.25) is 9.69 Å². The van der Waals surface area contributed by atoms with Crippen LogP contribution in [0.1, 0.15) is 36.4 Å². The average molecular weight is 344 g/mol. The number of hydrogen-bond acceptors (Lipinski definition) is 3. The molecule has 1 aliphatic rings. The molecule has 2 atom stereocenters. The van der Waals surface area contributed by atoms with Crippen molar-refractivity contribution in [3.63, 3.8) is 0 Å². The van der Waals surface area contributed by atoms with Crippen LogP contribution < -0.4 is 4.90 Å². The number of amides is 1. The minimum atomic E-state index is -0.931. The number of carbonyl (C=O) groups is 2. The number of anilines is 1. The maximum Gasteiger partial charge on any atom is 0.228 e. The molecule has 1 fully saturated rings. The standard InChI is InChI=1S/C19H18F2N2O2/c1-12-3-2-4-18(22-12)23-17(9-10-24)14(6-8-19(23)25)13-5-7-15(20)16(21)11-13/h2-5,7,10-11,14,17H,6,8-9H2,1H3. The molecule has 130 valence electrons. The van der Waals surface area contributed by atoms with Crippen LogP contribution in [0.5, 0.6) is 0 Å². The lowest BCUT2D eigenvalue weighted by Gasteiger charge is -2.40. The Hall–Kier alpha value is -2.63. The molecule has 0 saturated carbocycles. The first kappa shape index (κ1) is 17.2. The predicted molar refractivity (Wildman–Crippen MR) is 89.3 cm³/mol. The number of nitrogens with zero attached hydrogens (tertiary/aromatic N) is 2. The minimum Gasteiger partial charge on any atom is -0.303 e. The molecule has 1 aromatic heterocycles. The molecule has 6 heteroatoms. The van der Waals surface area contributed by atoms with Crippen LogP contribution in [0.25, 0.3) is 0 Å². The van der Waals surface area contributed by atoms with Crippen molar-refractivity contribution in [2.75, 3.05) is 4.90 Å². The average Bonchev–Trinajstić information content (AvgIpc) is 2.58. The topological polar surface area (TPSA) is 50.3 Å². The molecule has 1 aliphatic heterocycles. The third-order valence-corrected chi connectivity index (χ3v) is 4.56. The van der Waals surface area contributed by atoms with Gasteiger partial charge in [-0.1, -0.05) is 12.1 Å². The molecule has 0 radical (unpaired) electrons. The molecule has 0 spiro atoms. The quantitative estimate of drug-likeness (QED) is 0.797. The predicted octanol–water partition coefficient (Wildman–Crippen LogP) is 3.54.